The summed E-state index contributed by atoms with van der Waals surface area (Å²) >= 11 is 4.91. The number of nitrogens with one attached hydrogen (secondary N) is 1. The van der Waals surface area contributed by atoms with E-state index in [0.29, 0.717) is 13.1 Å². The molecule has 1 rings (SSSR count). The van der Waals surface area contributed by atoms with Crippen LogP contribution in [0.5, 0.6) is 0 Å². The number of hydrogen-bond donors (Lipinski definition) is 1. The van der Waals surface area contributed by atoms with Crippen molar-refractivity contribution in [2.24, 2.45) is 0 Å². The number of amides is 1. The first kappa shape index (κ1) is 12.2. The van der Waals surface area contributed by atoms with Gasteiger partial charge in [0.25, 0.3) is 0 Å². The molecule has 0 bridgehead atoms. The number of sulfone groups is 1. The van der Waals surface area contributed by atoms with Crippen molar-refractivity contribution in [1.82, 2.24) is 10.2 Å². The topological polar surface area (TPSA) is 75.7 Å². The summed E-state index contributed by atoms with van der Waals surface area (Å²) in [5.41, 5.74) is 0. The minimum absolute atomic E-state index is 0.0655. The summed E-state index contributed by atoms with van der Waals surface area (Å²) in [5.74, 6) is 0.131. The fourth-order valence-electron chi connectivity index (χ4n) is 1.13. The van der Waals surface area contributed by atoms with Gasteiger partial charge < -0.3 is 9.64 Å². The largest absolute Gasteiger partial charge is 0.453 e. The molecular weight excluding hydrogens is 240 g/mol. The van der Waals surface area contributed by atoms with Crippen LogP contribution in [0.2, 0.25) is 0 Å². The Morgan fingerprint density at radius 3 is 2.40 bits per heavy atom. The van der Waals surface area contributed by atoms with Crippen molar-refractivity contribution in [2.75, 3.05) is 31.7 Å². The molecule has 0 aliphatic carbocycles. The van der Waals surface area contributed by atoms with Gasteiger partial charge in [0.1, 0.15) is 0 Å². The fourth-order valence-corrected chi connectivity index (χ4v) is 2.60. The molecule has 1 amide bonds. The van der Waals surface area contributed by atoms with Crippen molar-refractivity contribution in [3.63, 3.8) is 0 Å². The van der Waals surface area contributed by atoms with Crippen molar-refractivity contribution >= 4 is 33.3 Å². The number of carbonyl (C=O) groups is 1. The number of nitrogens with zero attached hydrogens (tertiary/aromatic N) is 1. The van der Waals surface area contributed by atoms with Crippen LogP contribution in [0, 0.1) is 0 Å². The summed E-state index contributed by atoms with van der Waals surface area (Å²) in [5, 5.41) is 2.53. The molecule has 86 valence electrons. The number of methoxy groups -OCH3 is 1. The van der Waals surface area contributed by atoms with E-state index in [1.54, 1.807) is 4.90 Å². The van der Waals surface area contributed by atoms with Crippen LogP contribution in [0.3, 0.4) is 0 Å². The molecule has 0 aromatic heterocycles. The van der Waals surface area contributed by atoms with E-state index < -0.39 is 15.9 Å². The van der Waals surface area contributed by atoms with Crippen LogP contribution in [-0.4, -0.2) is 56.2 Å². The first-order valence-electron chi connectivity index (χ1n) is 4.29. The number of carbonyl (C=O) groups excluding carboxylic acids is 1. The van der Waals surface area contributed by atoms with Gasteiger partial charge in [-0.15, -0.1) is 0 Å². The Labute approximate surface area is 93.5 Å². The van der Waals surface area contributed by atoms with Crippen molar-refractivity contribution in [2.45, 2.75) is 0 Å². The van der Waals surface area contributed by atoms with Crippen LogP contribution in [0.1, 0.15) is 0 Å². The van der Waals surface area contributed by atoms with Gasteiger partial charge in [0.2, 0.25) is 0 Å². The maximum atomic E-state index is 11.1. The molecule has 0 atom stereocenters. The van der Waals surface area contributed by atoms with E-state index in [4.69, 9.17) is 12.2 Å². The molecule has 0 spiro atoms. The predicted octanol–water partition coefficient (Wildman–Crippen LogP) is -0.642. The van der Waals surface area contributed by atoms with Gasteiger partial charge in [0, 0.05) is 13.1 Å². The van der Waals surface area contributed by atoms with Crippen molar-refractivity contribution in [3.05, 3.63) is 0 Å². The van der Waals surface area contributed by atoms with Crippen LogP contribution in [0.4, 0.5) is 4.79 Å². The van der Waals surface area contributed by atoms with Crippen LogP contribution in [0.15, 0.2) is 0 Å². The monoisotopic (exact) mass is 252 g/mol. The second kappa shape index (κ2) is 4.75. The Balaban J connectivity index is 2.47. The molecule has 15 heavy (non-hydrogen) atoms. The van der Waals surface area contributed by atoms with Crippen LogP contribution in [-0.2, 0) is 14.6 Å². The Kier molecular flexibility index (Phi) is 3.86. The summed E-state index contributed by atoms with van der Waals surface area (Å²) in [6, 6.07) is 0. The first-order valence-corrected chi connectivity index (χ1v) is 6.52. The molecule has 8 heteroatoms. The number of ether oxygens (including phenoxy) is 1. The van der Waals surface area contributed by atoms with E-state index in [1.807, 2.05) is 0 Å². The van der Waals surface area contributed by atoms with Crippen LogP contribution < -0.4 is 5.32 Å². The molecule has 6 nitrogen and oxygen atoms in total. The highest BCUT2D eigenvalue weighted by Crippen LogP contribution is 2.03. The number of thiocarbonyl (C=S) groups is 1. The van der Waals surface area contributed by atoms with E-state index in [-0.39, 0.29) is 16.6 Å². The van der Waals surface area contributed by atoms with E-state index in [9.17, 15) is 13.2 Å². The molecule has 0 aromatic rings. The fraction of sp³-hybridized carbons (Fsp3) is 0.714. The third-order valence-corrected chi connectivity index (χ3v) is 4.00. The lowest BCUT2D eigenvalue weighted by molar-refractivity contribution is 0.175. The molecule has 1 fully saturated rings. The maximum absolute atomic E-state index is 11.1. The van der Waals surface area contributed by atoms with Gasteiger partial charge in [-0.3, -0.25) is 5.32 Å². The first-order chi connectivity index (χ1) is 6.94. The van der Waals surface area contributed by atoms with Crippen molar-refractivity contribution < 1.29 is 17.9 Å². The molecule has 1 aliphatic heterocycles. The lowest BCUT2D eigenvalue weighted by atomic mass is 10.5. The number of rotatable bonds is 0. The zero-order chi connectivity index (χ0) is 11.5. The van der Waals surface area contributed by atoms with Gasteiger partial charge in [-0.05, 0) is 12.2 Å². The number of alkyl carbamates (subject to hydrolysis) is 1. The van der Waals surface area contributed by atoms with E-state index in [2.05, 4.69) is 10.1 Å². The molecule has 0 unspecified atom stereocenters. The Hall–Kier alpha value is -0.890. The van der Waals surface area contributed by atoms with Gasteiger partial charge in [0.15, 0.2) is 14.9 Å². The molecular formula is C7H12N2O4S2. The van der Waals surface area contributed by atoms with Crippen molar-refractivity contribution in [3.8, 4) is 0 Å². The zero-order valence-corrected chi connectivity index (χ0v) is 9.86. The third kappa shape index (κ3) is 3.63. The summed E-state index contributed by atoms with van der Waals surface area (Å²) in [6.07, 6.45) is -0.645. The average molecular weight is 252 g/mol. The van der Waals surface area contributed by atoms with Crippen LogP contribution in [0.25, 0.3) is 0 Å². The molecule has 0 radical (unpaired) electrons. The minimum Gasteiger partial charge on any atom is -0.453 e. The lowest BCUT2D eigenvalue weighted by Crippen LogP contribution is -2.49. The SMILES string of the molecule is COC(=O)NC(=S)N1CCS(=O)(=O)CC1. The molecule has 0 aromatic carbocycles. The maximum Gasteiger partial charge on any atom is 0.413 e. The second-order valence-electron chi connectivity index (χ2n) is 3.06. The smallest absolute Gasteiger partial charge is 0.413 e. The van der Waals surface area contributed by atoms with Gasteiger partial charge >= 0.3 is 6.09 Å². The van der Waals surface area contributed by atoms with E-state index in [1.165, 1.54) is 7.11 Å². The Bertz CT molecular complexity index is 351. The normalized spacial score (nSPS) is 19.4. The zero-order valence-electron chi connectivity index (χ0n) is 8.23. The summed E-state index contributed by atoms with van der Waals surface area (Å²) in [4.78, 5) is 12.5. The lowest BCUT2D eigenvalue weighted by Gasteiger charge is -2.28. The van der Waals surface area contributed by atoms with Gasteiger partial charge in [-0.2, -0.15) is 0 Å². The Morgan fingerprint density at radius 1 is 1.40 bits per heavy atom. The standard InChI is InChI=1S/C7H12N2O4S2/c1-13-7(10)8-6(14)9-2-4-15(11,12)5-3-9/h2-5H2,1H3,(H,8,10,14). The summed E-state index contributed by atoms with van der Waals surface area (Å²) in [6.45, 7) is 0.621. The molecule has 1 aliphatic rings. The molecule has 1 heterocycles. The molecule has 0 saturated carbocycles. The highest BCUT2D eigenvalue weighted by molar-refractivity contribution is 7.91. The van der Waals surface area contributed by atoms with E-state index in [0.717, 1.165) is 0 Å². The highest BCUT2D eigenvalue weighted by Gasteiger charge is 2.23. The van der Waals surface area contributed by atoms with Gasteiger partial charge in [-0.25, -0.2) is 13.2 Å². The Morgan fingerprint density at radius 2 is 1.93 bits per heavy atom. The van der Waals surface area contributed by atoms with Gasteiger partial charge in [0.05, 0.1) is 18.6 Å². The summed E-state index contributed by atoms with van der Waals surface area (Å²) < 4.78 is 26.6. The van der Waals surface area contributed by atoms with Crippen molar-refractivity contribution in [1.29, 1.82) is 0 Å². The predicted molar refractivity (Wildman–Crippen MR) is 58.4 cm³/mol. The van der Waals surface area contributed by atoms with Crippen LogP contribution >= 0.6 is 12.2 Å². The van der Waals surface area contributed by atoms with Gasteiger partial charge in [-0.1, -0.05) is 0 Å². The minimum atomic E-state index is -2.93. The molecule has 1 saturated heterocycles. The number of hydrogen-bond acceptors (Lipinski definition) is 5. The molecule has 1 N–H and O–H groups in total. The quantitative estimate of drug-likeness (QED) is 0.578. The third-order valence-electron chi connectivity index (χ3n) is 2.03. The summed E-state index contributed by atoms with van der Waals surface area (Å²) in [7, 11) is -1.69. The second-order valence-corrected chi connectivity index (χ2v) is 5.75. The average Bonchev–Trinajstić information content (AvgIpc) is 2.17. The van der Waals surface area contributed by atoms with E-state index >= 15 is 0 Å². The highest BCUT2D eigenvalue weighted by atomic mass is 32.2.